The summed E-state index contributed by atoms with van der Waals surface area (Å²) in [6.45, 7) is 6.86. The minimum Gasteiger partial charge on any atom is -0.252 e. The molecule has 2 aromatic carbocycles. The molecule has 1 heteroatoms. The summed E-state index contributed by atoms with van der Waals surface area (Å²) in [5, 5.41) is 4.08. The predicted molar refractivity (Wildman–Crippen MR) is 118 cm³/mol. The maximum atomic E-state index is 5.10. The van der Waals surface area contributed by atoms with Crippen molar-refractivity contribution < 1.29 is 0 Å². The van der Waals surface area contributed by atoms with E-state index in [1.165, 1.54) is 60.4 Å². The molecule has 28 heavy (non-hydrogen) atoms. The van der Waals surface area contributed by atoms with Crippen LogP contribution in [-0.4, -0.2) is 4.98 Å². The third-order valence-corrected chi connectivity index (χ3v) is 8.06. The summed E-state index contributed by atoms with van der Waals surface area (Å²) in [7, 11) is 0. The van der Waals surface area contributed by atoms with Crippen LogP contribution in [0.3, 0.4) is 0 Å². The summed E-state index contributed by atoms with van der Waals surface area (Å²) in [6, 6.07) is 16.2. The van der Waals surface area contributed by atoms with E-state index in [-0.39, 0.29) is 5.41 Å². The molecule has 0 N–H and O–H groups in total. The lowest BCUT2D eigenvalue weighted by atomic mass is 9.48. The molecule has 0 saturated heterocycles. The number of pyridine rings is 1. The fourth-order valence-electron chi connectivity index (χ4n) is 7.32. The molecule has 1 heterocycles. The Bertz CT molecular complexity index is 1050. The van der Waals surface area contributed by atoms with Crippen molar-refractivity contribution in [1.29, 1.82) is 0 Å². The van der Waals surface area contributed by atoms with Crippen molar-refractivity contribution in [3.05, 3.63) is 53.7 Å². The molecule has 0 atom stereocenters. The molecule has 4 aliphatic carbocycles. The van der Waals surface area contributed by atoms with Gasteiger partial charge in [0.1, 0.15) is 0 Å². The zero-order chi connectivity index (χ0) is 19.1. The Morgan fingerprint density at radius 1 is 0.786 bits per heavy atom. The van der Waals surface area contributed by atoms with Gasteiger partial charge in [0, 0.05) is 16.2 Å². The van der Waals surface area contributed by atoms with Crippen molar-refractivity contribution in [2.24, 2.45) is 17.8 Å². The predicted octanol–water partition coefficient (Wildman–Crippen LogP) is 7.15. The standard InChI is InChI=1S/C27H31N/c1-26(2,3)25-22-9-8-20(13-23(22)21-6-4-5-7-24(21)28-25)27-14-17-10-18(15-27)12-19(11-17)16-27/h4-9,13,17-19H,10-12,14-16H2,1-3H3. The Kier molecular flexibility index (Phi) is 3.39. The monoisotopic (exact) mass is 369 g/mol. The number of rotatable bonds is 1. The third-order valence-electron chi connectivity index (χ3n) is 8.06. The van der Waals surface area contributed by atoms with Gasteiger partial charge >= 0.3 is 0 Å². The highest BCUT2D eigenvalue weighted by molar-refractivity contribution is 6.07. The van der Waals surface area contributed by atoms with Gasteiger partial charge in [0.15, 0.2) is 0 Å². The quantitative estimate of drug-likeness (QED) is 0.415. The molecule has 7 rings (SSSR count). The zero-order valence-electron chi connectivity index (χ0n) is 17.5. The molecule has 1 aromatic heterocycles. The largest absolute Gasteiger partial charge is 0.252 e. The van der Waals surface area contributed by atoms with Crippen molar-refractivity contribution in [2.45, 2.75) is 70.1 Å². The Morgan fingerprint density at radius 2 is 1.43 bits per heavy atom. The van der Waals surface area contributed by atoms with Crippen LogP contribution in [0, 0.1) is 17.8 Å². The second kappa shape index (κ2) is 5.59. The number of nitrogens with zero attached hydrogens (tertiary/aromatic N) is 1. The first kappa shape index (κ1) is 17.0. The normalized spacial score (nSPS) is 31.8. The number of aromatic nitrogens is 1. The van der Waals surface area contributed by atoms with E-state index in [0.717, 1.165) is 23.3 Å². The minimum atomic E-state index is 0.0461. The van der Waals surface area contributed by atoms with Crippen LogP contribution in [0.5, 0.6) is 0 Å². The number of para-hydroxylation sites is 1. The summed E-state index contributed by atoms with van der Waals surface area (Å²) in [4.78, 5) is 5.10. The Balaban J connectivity index is 1.60. The van der Waals surface area contributed by atoms with Gasteiger partial charge in [0.25, 0.3) is 0 Å². The topological polar surface area (TPSA) is 12.9 Å². The fourth-order valence-corrected chi connectivity index (χ4v) is 7.32. The minimum absolute atomic E-state index is 0.0461. The van der Waals surface area contributed by atoms with E-state index in [0.29, 0.717) is 5.41 Å². The van der Waals surface area contributed by atoms with Crippen molar-refractivity contribution >= 4 is 21.7 Å². The molecule has 1 nitrogen and oxygen atoms in total. The molecule has 144 valence electrons. The van der Waals surface area contributed by atoms with E-state index in [1.54, 1.807) is 5.56 Å². The smallest absolute Gasteiger partial charge is 0.0712 e. The molecule has 4 saturated carbocycles. The number of hydrogen-bond donors (Lipinski definition) is 0. The first-order chi connectivity index (χ1) is 13.4. The summed E-state index contributed by atoms with van der Waals surface area (Å²) in [5.41, 5.74) is 4.50. The van der Waals surface area contributed by atoms with E-state index in [9.17, 15) is 0 Å². The highest BCUT2D eigenvalue weighted by atomic mass is 14.7. The summed E-state index contributed by atoms with van der Waals surface area (Å²) < 4.78 is 0. The summed E-state index contributed by atoms with van der Waals surface area (Å²) in [5.74, 6) is 2.96. The molecule has 4 bridgehead atoms. The second-order valence-corrected chi connectivity index (χ2v) is 11.2. The molecule has 0 radical (unpaired) electrons. The molecule has 0 amide bonds. The van der Waals surface area contributed by atoms with E-state index < -0.39 is 0 Å². The van der Waals surface area contributed by atoms with Gasteiger partial charge in [-0.15, -0.1) is 0 Å². The molecule has 0 unspecified atom stereocenters. The number of benzene rings is 2. The van der Waals surface area contributed by atoms with Crippen LogP contribution in [0.1, 0.15) is 70.6 Å². The molecule has 0 aliphatic heterocycles. The van der Waals surface area contributed by atoms with Crippen molar-refractivity contribution in [1.82, 2.24) is 4.98 Å². The van der Waals surface area contributed by atoms with Gasteiger partial charge in [0.05, 0.1) is 11.2 Å². The molecule has 3 aromatic rings. The average Bonchev–Trinajstić information content (AvgIpc) is 2.65. The highest BCUT2D eigenvalue weighted by Crippen LogP contribution is 2.61. The lowest BCUT2D eigenvalue weighted by Gasteiger charge is -2.57. The molecule has 4 fully saturated rings. The van der Waals surface area contributed by atoms with Gasteiger partial charge in [0.2, 0.25) is 0 Å². The zero-order valence-corrected chi connectivity index (χ0v) is 17.5. The van der Waals surface area contributed by atoms with Crippen molar-refractivity contribution in [3.8, 4) is 0 Å². The van der Waals surface area contributed by atoms with E-state index >= 15 is 0 Å². The lowest BCUT2D eigenvalue weighted by molar-refractivity contribution is -0.00512. The van der Waals surface area contributed by atoms with Gasteiger partial charge < -0.3 is 0 Å². The number of fused-ring (bicyclic) bond motifs is 3. The van der Waals surface area contributed by atoms with Gasteiger partial charge in [-0.3, -0.25) is 4.98 Å². The Labute approximate surface area is 168 Å². The molecule has 0 spiro atoms. The molecular formula is C27H31N. The van der Waals surface area contributed by atoms with Gasteiger partial charge in [-0.2, -0.15) is 0 Å². The van der Waals surface area contributed by atoms with Gasteiger partial charge in [-0.05, 0) is 84.8 Å². The maximum Gasteiger partial charge on any atom is 0.0712 e. The Morgan fingerprint density at radius 3 is 2.07 bits per heavy atom. The van der Waals surface area contributed by atoms with Crippen LogP contribution in [0.15, 0.2) is 42.5 Å². The molecular weight excluding hydrogens is 338 g/mol. The maximum absolute atomic E-state index is 5.10. The van der Waals surface area contributed by atoms with Crippen LogP contribution in [0.25, 0.3) is 21.7 Å². The van der Waals surface area contributed by atoms with E-state index in [4.69, 9.17) is 4.98 Å². The van der Waals surface area contributed by atoms with Crippen LogP contribution >= 0.6 is 0 Å². The van der Waals surface area contributed by atoms with Crippen LogP contribution in [0.2, 0.25) is 0 Å². The lowest BCUT2D eigenvalue weighted by Crippen LogP contribution is -2.48. The van der Waals surface area contributed by atoms with Gasteiger partial charge in [-0.1, -0.05) is 51.1 Å². The summed E-state index contributed by atoms with van der Waals surface area (Å²) in [6.07, 6.45) is 8.81. The third kappa shape index (κ3) is 2.41. The second-order valence-electron chi connectivity index (χ2n) is 11.2. The summed E-state index contributed by atoms with van der Waals surface area (Å²) >= 11 is 0. The Hall–Kier alpha value is -1.89. The van der Waals surface area contributed by atoms with Crippen LogP contribution < -0.4 is 0 Å². The first-order valence-electron chi connectivity index (χ1n) is 11.2. The van der Waals surface area contributed by atoms with E-state index in [2.05, 4.69) is 63.2 Å². The fraction of sp³-hybridized carbons (Fsp3) is 0.519. The van der Waals surface area contributed by atoms with Gasteiger partial charge in [-0.25, -0.2) is 0 Å². The molecule has 4 aliphatic rings. The van der Waals surface area contributed by atoms with Crippen LogP contribution in [-0.2, 0) is 10.8 Å². The average molecular weight is 370 g/mol. The van der Waals surface area contributed by atoms with E-state index in [1.807, 2.05) is 0 Å². The van der Waals surface area contributed by atoms with Crippen molar-refractivity contribution in [3.63, 3.8) is 0 Å². The first-order valence-corrected chi connectivity index (χ1v) is 11.2. The van der Waals surface area contributed by atoms with Crippen molar-refractivity contribution in [2.75, 3.05) is 0 Å². The highest BCUT2D eigenvalue weighted by Gasteiger charge is 2.51. The SMILES string of the molecule is CC(C)(C)c1nc2ccccc2c2cc(C34CC5CC(CC(C5)C3)C4)ccc12. The number of hydrogen-bond acceptors (Lipinski definition) is 1. The van der Waals surface area contributed by atoms with Crippen LogP contribution in [0.4, 0.5) is 0 Å².